The van der Waals surface area contributed by atoms with Crippen LogP contribution < -0.4 is 4.72 Å². The lowest BCUT2D eigenvalue weighted by molar-refractivity contribution is -0.840. The Morgan fingerprint density at radius 3 is 1.22 bits per heavy atom. The maximum atomic E-state index is 13.7. The zero-order valence-electron chi connectivity index (χ0n) is 17.1. The molecule has 0 aromatic heterocycles. The molecule has 218 valence electrons. The number of hydrogen-bond acceptors (Lipinski definition) is 3. The van der Waals surface area contributed by atoms with Crippen molar-refractivity contribution in [3.63, 3.8) is 0 Å². The number of hydroxylamine groups is 3. The monoisotopic (exact) mass is 600 g/mol. The van der Waals surface area contributed by atoms with E-state index in [0.29, 0.717) is 4.72 Å². The van der Waals surface area contributed by atoms with Gasteiger partial charge < -0.3 is 9.85 Å². The van der Waals surface area contributed by atoms with Crippen molar-refractivity contribution in [2.24, 2.45) is 0 Å². The van der Waals surface area contributed by atoms with Gasteiger partial charge in [-0.15, -0.1) is 0 Å². The highest BCUT2D eigenvalue weighted by molar-refractivity contribution is 7.90. The Morgan fingerprint density at radius 2 is 0.917 bits per heavy atom. The predicted molar refractivity (Wildman–Crippen MR) is 82.6 cm³/mol. The van der Waals surface area contributed by atoms with Gasteiger partial charge in [0.25, 0.3) is 10.0 Å². The molecular formula is C13H13F17N2O3S. The molecule has 1 N–H and O–H groups in total. The van der Waals surface area contributed by atoms with Gasteiger partial charge in [0.05, 0.1) is 20.6 Å². The van der Waals surface area contributed by atoms with E-state index in [1.54, 1.807) is 0 Å². The fourth-order valence-electron chi connectivity index (χ4n) is 2.08. The molecule has 5 nitrogen and oxygen atoms in total. The van der Waals surface area contributed by atoms with Gasteiger partial charge in [0.1, 0.15) is 0 Å². The van der Waals surface area contributed by atoms with Crippen LogP contribution in [0.4, 0.5) is 74.6 Å². The molecule has 0 aliphatic heterocycles. The molecular weight excluding hydrogens is 587 g/mol. The van der Waals surface area contributed by atoms with E-state index in [4.69, 9.17) is 0 Å². The molecule has 0 aliphatic carbocycles. The number of halogens is 17. The molecule has 0 saturated carbocycles. The molecule has 0 fully saturated rings. The first-order valence-electron chi connectivity index (χ1n) is 8.45. The number of alkyl halides is 17. The van der Waals surface area contributed by atoms with Crippen molar-refractivity contribution in [2.75, 3.05) is 27.2 Å². The summed E-state index contributed by atoms with van der Waals surface area (Å²) in [5.74, 6) is -51.8. The van der Waals surface area contributed by atoms with Crippen molar-refractivity contribution in [2.45, 2.75) is 53.4 Å². The second kappa shape index (κ2) is 9.13. The summed E-state index contributed by atoms with van der Waals surface area (Å²) in [4.78, 5) is 0. The first-order chi connectivity index (χ1) is 15.2. The SMILES string of the molecule is C[N+](C)([O-])CCCNS(=O)(=O)C(F)(F)C(F)(F)C(F)(F)C(F)(F)C(F)(F)C(F)(F)C(F)(F)C(F)(F)F. The highest BCUT2D eigenvalue weighted by Gasteiger charge is 2.96. The number of hydrogen-bond donors (Lipinski definition) is 1. The van der Waals surface area contributed by atoms with Gasteiger partial charge in [0.15, 0.2) is 0 Å². The van der Waals surface area contributed by atoms with Gasteiger partial charge in [-0.25, -0.2) is 13.1 Å². The molecule has 0 unspecified atom stereocenters. The van der Waals surface area contributed by atoms with Crippen molar-refractivity contribution in [1.29, 1.82) is 0 Å². The highest BCUT2D eigenvalue weighted by Crippen LogP contribution is 2.64. The van der Waals surface area contributed by atoms with Gasteiger partial charge in [-0.1, -0.05) is 0 Å². The third kappa shape index (κ3) is 5.15. The third-order valence-corrected chi connectivity index (χ3v) is 5.71. The van der Waals surface area contributed by atoms with Crippen molar-refractivity contribution in [1.82, 2.24) is 4.72 Å². The number of quaternary nitrogens is 1. The zero-order chi connectivity index (χ0) is 29.8. The van der Waals surface area contributed by atoms with Crippen LogP contribution in [-0.4, -0.2) is 87.2 Å². The summed E-state index contributed by atoms with van der Waals surface area (Å²) in [6.07, 6.45) is -8.71. The summed E-state index contributed by atoms with van der Waals surface area (Å²) in [5.41, 5.74) is 0. The molecule has 0 rings (SSSR count). The topological polar surface area (TPSA) is 69.2 Å². The Morgan fingerprint density at radius 1 is 0.611 bits per heavy atom. The van der Waals surface area contributed by atoms with Crippen molar-refractivity contribution in [3.05, 3.63) is 5.21 Å². The summed E-state index contributed by atoms with van der Waals surface area (Å²) >= 11 is 0. The zero-order valence-corrected chi connectivity index (χ0v) is 17.9. The molecule has 0 spiro atoms. The van der Waals surface area contributed by atoms with E-state index in [2.05, 4.69) is 0 Å². The van der Waals surface area contributed by atoms with Crippen molar-refractivity contribution in [3.8, 4) is 0 Å². The van der Waals surface area contributed by atoms with Crippen LogP contribution in [0.5, 0.6) is 0 Å². The van der Waals surface area contributed by atoms with Gasteiger partial charge in [-0.2, -0.15) is 74.6 Å². The van der Waals surface area contributed by atoms with Gasteiger partial charge >= 0.3 is 47.0 Å². The van der Waals surface area contributed by atoms with E-state index in [0.717, 1.165) is 14.1 Å². The quantitative estimate of drug-likeness (QED) is 0.151. The largest absolute Gasteiger partial charge is 0.633 e. The summed E-state index contributed by atoms with van der Waals surface area (Å²) < 4.78 is 245. The van der Waals surface area contributed by atoms with E-state index in [9.17, 15) is 88.3 Å². The second-order valence-corrected chi connectivity index (χ2v) is 9.32. The lowest BCUT2D eigenvalue weighted by Crippen LogP contribution is -2.75. The molecule has 0 amide bonds. The smallest absolute Gasteiger partial charge is 0.460 e. The van der Waals surface area contributed by atoms with Crippen LogP contribution in [0, 0.1) is 5.21 Å². The molecule has 23 heteroatoms. The maximum absolute atomic E-state index is 13.7. The Bertz CT molecular complexity index is 892. The van der Waals surface area contributed by atoms with Gasteiger partial charge in [0, 0.05) is 13.0 Å². The number of nitrogens with zero attached hydrogens (tertiary/aromatic N) is 1. The fraction of sp³-hybridized carbons (Fsp3) is 1.00. The average molecular weight is 600 g/mol. The van der Waals surface area contributed by atoms with Crippen LogP contribution in [-0.2, 0) is 10.0 Å². The van der Waals surface area contributed by atoms with Crippen LogP contribution in [0.2, 0.25) is 0 Å². The molecule has 0 radical (unpaired) electrons. The van der Waals surface area contributed by atoms with E-state index in [-0.39, 0.29) is 0 Å². The van der Waals surface area contributed by atoms with E-state index in [1.165, 1.54) is 0 Å². The Kier molecular flexibility index (Phi) is 8.79. The van der Waals surface area contributed by atoms with E-state index in [1.807, 2.05) is 0 Å². The minimum Gasteiger partial charge on any atom is -0.633 e. The van der Waals surface area contributed by atoms with E-state index >= 15 is 0 Å². The van der Waals surface area contributed by atoms with Gasteiger partial charge in [0.2, 0.25) is 0 Å². The fourth-order valence-corrected chi connectivity index (χ4v) is 3.14. The summed E-state index contributed by atoms with van der Waals surface area (Å²) in [6.45, 7) is -2.14. The third-order valence-electron chi connectivity index (χ3n) is 4.20. The average Bonchev–Trinajstić information content (AvgIpc) is 2.62. The van der Waals surface area contributed by atoms with Gasteiger partial charge in [-0.3, -0.25) is 0 Å². The second-order valence-electron chi connectivity index (χ2n) is 7.51. The number of nitrogens with one attached hydrogen (secondary N) is 1. The Balaban J connectivity index is 6.55. The van der Waals surface area contributed by atoms with Crippen LogP contribution in [0.1, 0.15) is 6.42 Å². The van der Waals surface area contributed by atoms with Gasteiger partial charge in [-0.05, 0) is 0 Å². The van der Waals surface area contributed by atoms with Crippen LogP contribution >= 0.6 is 0 Å². The molecule has 0 aliphatic rings. The summed E-state index contributed by atoms with van der Waals surface area (Å²) in [6, 6.07) is 0. The molecule has 0 aromatic rings. The number of sulfonamides is 1. The Hall–Kier alpha value is -1.36. The maximum Gasteiger partial charge on any atom is 0.460 e. The summed E-state index contributed by atoms with van der Waals surface area (Å²) in [5, 5.41) is 3.58. The summed E-state index contributed by atoms with van der Waals surface area (Å²) in [7, 11) is -5.58. The van der Waals surface area contributed by atoms with E-state index < -0.39 is 81.1 Å². The highest BCUT2D eigenvalue weighted by atomic mass is 32.2. The predicted octanol–water partition coefficient (Wildman–Crippen LogP) is 4.84. The molecule has 36 heavy (non-hydrogen) atoms. The standard InChI is InChI=1S/C13H13F17N2O3S/c1-32(2,33)5-3-4-31-36(34,35)13(29,30)11(24,25)9(20,21)7(16,17)6(14,15)8(18,19)10(22,23)12(26,27)28/h31H,3-5H2,1-2H3. The lowest BCUT2D eigenvalue weighted by Gasteiger charge is -2.42. The Labute approximate surface area is 189 Å². The molecule has 0 bridgehead atoms. The first-order valence-corrected chi connectivity index (χ1v) is 9.93. The molecule has 0 saturated heterocycles. The molecule has 0 heterocycles. The minimum absolute atomic E-state index is 0.425. The number of rotatable bonds is 12. The normalized spacial score (nSPS) is 16.4. The molecule has 0 atom stereocenters. The van der Waals surface area contributed by atoms with Crippen LogP contribution in [0.15, 0.2) is 0 Å². The van der Waals surface area contributed by atoms with Crippen LogP contribution in [0.25, 0.3) is 0 Å². The lowest BCUT2D eigenvalue weighted by atomic mass is 9.91. The van der Waals surface area contributed by atoms with Crippen molar-refractivity contribution < 1.29 is 87.7 Å². The van der Waals surface area contributed by atoms with Crippen molar-refractivity contribution >= 4 is 10.0 Å². The van der Waals surface area contributed by atoms with Crippen LogP contribution in [0.3, 0.4) is 0 Å². The minimum atomic E-state index is -8.87. The molecule has 0 aromatic carbocycles. The first kappa shape index (κ1) is 34.6.